The highest BCUT2D eigenvalue weighted by atomic mass is 32.2. The molecule has 0 fully saturated rings. The van der Waals surface area contributed by atoms with Crippen molar-refractivity contribution in [3.63, 3.8) is 0 Å². The number of rotatable bonds is 9. The third kappa shape index (κ3) is 9.84. The van der Waals surface area contributed by atoms with Gasteiger partial charge in [-0.25, -0.2) is 4.98 Å². The molecule has 23 heavy (non-hydrogen) atoms. The lowest BCUT2D eigenvalue weighted by atomic mass is 10.3. The summed E-state index contributed by atoms with van der Waals surface area (Å²) < 4.78 is 32.4. The molecule has 1 rings (SSSR count). The molecule has 0 aliphatic heterocycles. The van der Waals surface area contributed by atoms with Crippen LogP contribution in [-0.2, 0) is 20.7 Å². The molecule has 0 amide bonds. The van der Waals surface area contributed by atoms with Crippen molar-refractivity contribution in [3.8, 4) is 0 Å². The minimum absolute atomic E-state index is 0.0827. The van der Waals surface area contributed by atoms with Gasteiger partial charge in [0.05, 0.1) is 18.6 Å². The predicted octanol–water partition coefficient (Wildman–Crippen LogP) is 3.83. The normalized spacial score (nSPS) is 13.1. The highest BCUT2D eigenvalue weighted by molar-refractivity contribution is 8.00. The van der Waals surface area contributed by atoms with Gasteiger partial charge in [-0.05, 0) is 31.6 Å². The quantitative estimate of drug-likeness (QED) is 0.492. The summed E-state index contributed by atoms with van der Waals surface area (Å²) in [6, 6.07) is 0. The van der Waals surface area contributed by atoms with Gasteiger partial charge in [-0.3, -0.25) is 4.18 Å². The molecule has 7 heteroatoms. The molecule has 0 saturated heterocycles. The van der Waals surface area contributed by atoms with Crippen LogP contribution in [0, 0.1) is 6.92 Å². The second kappa shape index (κ2) is 8.89. The van der Waals surface area contributed by atoms with E-state index in [2.05, 4.69) is 31.8 Å². The number of aromatic nitrogens is 1. The van der Waals surface area contributed by atoms with Crippen LogP contribution in [0.25, 0.3) is 6.08 Å². The first-order valence-corrected chi connectivity index (χ1v) is 10.5. The zero-order valence-electron chi connectivity index (χ0n) is 14.6. The average Bonchev–Trinajstić information content (AvgIpc) is 2.72. The lowest BCUT2D eigenvalue weighted by Crippen LogP contribution is -2.07. The summed E-state index contributed by atoms with van der Waals surface area (Å²) in [6.07, 6.45) is 7.48. The molecule has 0 bridgehead atoms. The Hall–Kier alpha value is -0.790. The molecule has 132 valence electrons. The number of allylic oxidation sites excluding steroid dienone is 1. The van der Waals surface area contributed by atoms with E-state index in [4.69, 9.17) is 8.60 Å². The first kappa shape index (κ1) is 20.3. The first-order valence-electron chi connectivity index (χ1n) is 7.68. The van der Waals surface area contributed by atoms with Gasteiger partial charge in [0, 0.05) is 11.2 Å². The molecular weight excluding hydrogens is 334 g/mol. The second-order valence-electron chi connectivity index (χ2n) is 6.34. The lowest BCUT2D eigenvalue weighted by Gasteiger charge is -2.16. The summed E-state index contributed by atoms with van der Waals surface area (Å²) in [5.74, 6) is 2.39. The van der Waals surface area contributed by atoms with E-state index in [0.717, 1.165) is 30.5 Å². The minimum Gasteiger partial charge on any atom is -0.442 e. The number of hydrogen-bond acceptors (Lipinski definition) is 6. The number of oxazole rings is 1. The van der Waals surface area contributed by atoms with Crippen LogP contribution in [0.15, 0.2) is 10.5 Å². The maximum absolute atomic E-state index is 10.9. The van der Waals surface area contributed by atoms with Crippen molar-refractivity contribution in [2.24, 2.45) is 0 Å². The largest absolute Gasteiger partial charge is 0.442 e. The first-order chi connectivity index (χ1) is 10.6. The summed E-state index contributed by atoms with van der Waals surface area (Å²) in [5.41, 5.74) is 0.733. The minimum atomic E-state index is -3.41. The van der Waals surface area contributed by atoms with Crippen molar-refractivity contribution < 1.29 is 17.0 Å². The summed E-state index contributed by atoms with van der Waals surface area (Å²) in [7, 11) is -3.41. The van der Waals surface area contributed by atoms with Crippen molar-refractivity contribution in [1.82, 2.24) is 4.98 Å². The number of unbranched alkanes of at least 4 members (excludes halogenated alkanes) is 1. The van der Waals surface area contributed by atoms with Gasteiger partial charge in [0.15, 0.2) is 0 Å². The van der Waals surface area contributed by atoms with Gasteiger partial charge in [0.2, 0.25) is 5.89 Å². The molecule has 1 aromatic rings. The fraction of sp³-hybridized carbons (Fsp3) is 0.688. The Balaban J connectivity index is 2.38. The summed E-state index contributed by atoms with van der Waals surface area (Å²) >= 11 is 1.96. The van der Waals surface area contributed by atoms with E-state index in [1.807, 2.05) is 24.8 Å². The molecule has 1 aromatic heterocycles. The van der Waals surface area contributed by atoms with Crippen molar-refractivity contribution >= 4 is 28.0 Å². The number of thioether (sulfide) groups is 1. The SMILES string of the molecule is Cc1oc(/C=C/CCCSC(C)(C)C)nc1CCOS(C)(=O)=O. The Labute approximate surface area is 144 Å². The summed E-state index contributed by atoms with van der Waals surface area (Å²) in [5, 5.41) is 0. The molecule has 1 heterocycles. The van der Waals surface area contributed by atoms with Gasteiger partial charge in [-0.15, -0.1) is 0 Å². The van der Waals surface area contributed by atoms with E-state index in [-0.39, 0.29) is 6.61 Å². The number of nitrogens with zero attached hydrogens (tertiary/aromatic N) is 1. The van der Waals surface area contributed by atoms with Crippen LogP contribution in [-0.4, -0.2) is 36.8 Å². The van der Waals surface area contributed by atoms with Crippen LogP contribution in [0.3, 0.4) is 0 Å². The Bertz CT molecular complexity index is 613. The average molecular weight is 362 g/mol. The Morgan fingerprint density at radius 1 is 1.35 bits per heavy atom. The highest BCUT2D eigenvalue weighted by Gasteiger charge is 2.10. The molecule has 0 atom stereocenters. The van der Waals surface area contributed by atoms with Crippen LogP contribution >= 0.6 is 11.8 Å². The number of hydrogen-bond donors (Lipinski definition) is 0. The third-order valence-electron chi connectivity index (χ3n) is 2.86. The zero-order valence-corrected chi connectivity index (χ0v) is 16.2. The fourth-order valence-electron chi connectivity index (χ4n) is 1.81. The molecule has 0 aliphatic rings. The molecule has 0 N–H and O–H groups in total. The molecular formula is C16H27NO4S2. The second-order valence-corrected chi connectivity index (χ2v) is 9.90. The van der Waals surface area contributed by atoms with Gasteiger partial charge in [0.1, 0.15) is 5.76 Å². The van der Waals surface area contributed by atoms with E-state index in [1.54, 1.807) is 0 Å². The van der Waals surface area contributed by atoms with Crippen LogP contribution in [0.4, 0.5) is 0 Å². The molecule has 0 unspecified atom stereocenters. The van der Waals surface area contributed by atoms with Gasteiger partial charge in [-0.1, -0.05) is 26.8 Å². The van der Waals surface area contributed by atoms with Crippen molar-refractivity contribution in [3.05, 3.63) is 23.4 Å². The maximum Gasteiger partial charge on any atom is 0.264 e. The zero-order chi connectivity index (χ0) is 17.5. The van der Waals surface area contributed by atoms with Gasteiger partial charge < -0.3 is 4.42 Å². The molecule has 0 radical (unpaired) electrons. The van der Waals surface area contributed by atoms with Crippen LogP contribution in [0.2, 0.25) is 0 Å². The standard InChI is InChI=1S/C16H27NO4S2/c1-13-14(10-11-20-23(5,18)19)17-15(21-13)9-7-6-8-12-22-16(2,3)4/h7,9H,6,8,10-12H2,1-5H3/b9-7+. The Kier molecular flexibility index (Phi) is 7.83. The Morgan fingerprint density at radius 2 is 2.04 bits per heavy atom. The van der Waals surface area contributed by atoms with Crippen molar-refractivity contribution in [2.45, 2.75) is 51.7 Å². The van der Waals surface area contributed by atoms with E-state index < -0.39 is 10.1 Å². The highest BCUT2D eigenvalue weighted by Crippen LogP contribution is 2.24. The maximum atomic E-state index is 10.9. The molecule has 5 nitrogen and oxygen atoms in total. The van der Waals surface area contributed by atoms with E-state index in [0.29, 0.717) is 22.8 Å². The topological polar surface area (TPSA) is 69.4 Å². The van der Waals surface area contributed by atoms with Crippen LogP contribution < -0.4 is 0 Å². The lowest BCUT2D eigenvalue weighted by molar-refractivity contribution is 0.324. The van der Waals surface area contributed by atoms with Gasteiger partial charge in [-0.2, -0.15) is 20.2 Å². The predicted molar refractivity (Wildman–Crippen MR) is 96.2 cm³/mol. The molecule has 0 saturated carbocycles. The monoisotopic (exact) mass is 361 g/mol. The van der Waals surface area contributed by atoms with E-state index in [1.165, 1.54) is 0 Å². The molecule has 0 aliphatic carbocycles. The van der Waals surface area contributed by atoms with E-state index in [9.17, 15) is 8.42 Å². The van der Waals surface area contributed by atoms with Gasteiger partial charge in [0.25, 0.3) is 10.1 Å². The van der Waals surface area contributed by atoms with Crippen LogP contribution in [0.5, 0.6) is 0 Å². The van der Waals surface area contributed by atoms with Crippen molar-refractivity contribution in [1.29, 1.82) is 0 Å². The van der Waals surface area contributed by atoms with Crippen LogP contribution in [0.1, 0.15) is 51.0 Å². The summed E-state index contributed by atoms with van der Waals surface area (Å²) in [4.78, 5) is 4.35. The Morgan fingerprint density at radius 3 is 2.65 bits per heavy atom. The summed E-state index contributed by atoms with van der Waals surface area (Å²) in [6.45, 7) is 8.56. The smallest absolute Gasteiger partial charge is 0.264 e. The number of aryl methyl sites for hydroxylation is 1. The van der Waals surface area contributed by atoms with Gasteiger partial charge >= 0.3 is 0 Å². The van der Waals surface area contributed by atoms with Crippen molar-refractivity contribution in [2.75, 3.05) is 18.6 Å². The fourth-order valence-corrected chi connectivity index (χ4v) is 3.12. The third-order valence-corrected chi connectivity index (χ3v) is 4.81. The molecule has 0 aromatic carbocycles. The molecule has 0 spiro atoms. The van der Waals surface area contributed by atoms with E-state index >= 15 is 0 Å².